The Balaban J connectivity index is 0.000000594. The first-order valence-corrected chi connectivity index (χ1v) is 15.6. The Hall–Kier alpha value is -2.81. The summed E-state index contributed by atoms with van der Waals surface area (Å²) in [5.41, 5.74) is 9.44. The van der Waals surface area contributed by atoms with Gasteiger partial charge in [-0.1, -0.05) is 89.7 Å². The number of hydrogen-bond donors (Lipinski definition) is 1. The van der Waals surface area contributed by atoms with Crippen LogP contribution in [0.1, 0.15) is 110 Å². The third kappa shape index (κ3) is 8.46. The first-order chi connectivity index (χ1) is 19.8. The maximum atomic E-state index is 10.0. The van der Waals surface area contributed by atoms with Crippen LogP contribution in [0.15, 0.2) is 60.4 Å². The van der Waals surface area contributed by atoms with Crippen molar-refractivity contribution in [1.29, 1.82) is 0 Å². The SMILES string of the molecule is CC(=O)/C=C(/C)O.Cc1cc(C)c2c(C3CC(C)(C)CC(C)(C)C3)cc(-c3[c-]c4ccccc4c(C(C)(C)C)c3)nc2c1.[Ir]. The third-order valence-corrected chi connectivity index (χ3v) is 8.55. The van der Waals surface area contributed by atoms with Crippen LogP contribution in [0.5, 0.6) is 0 Å². The van der Waals surface area contributed by atoms with E-state index in [1.165, 1.54) is 77.6 Å². The zero-order chi connectivity index (χ0) is 31.9. The molecule has 0 aliphatic heterocycles. The van der Waals surface area contributed by atoms with E-state index in [4.69, 9.17) is 10.1 Å². The van der Waals surface area contributed by atoms with Crippen molar-refractivity contribution in [3.8, 4) is 11.3 Å². The molecule has 1 fully saturated rings. The number of allylic oxidation sites excluding steroid dienone is 2. The summed E-state index contributed by atoms with van der Waals surface area (Å²) in [5, 5.41) is 12.2. The first-order valence-electron chi connectivity index (χ1n) is 15.6. The van der Waals surface area contributed by atoms with Gasteiger partial charge in [0.05, 0.1) is 11.3 Å². The fourth-order valence-corrected chi connectivity index (χ4v) is 7.60. The molecular formula is C40H50IrNO2-. The second kappa shape index (κ2) is 13.3. The molecule has 0 atom stereocenters. The predicted octanol–water partition coefficient (Wildman–Crippen LogP) is 11.1. The first kappa shape index (κ1) is 35.7. The van der Waals surface area contributed by atoms with Crippen LogP contribution in [0.3, 0.4) is 0 Å². The van der Waals surface area contributed by atoms with Crippen molar-refractivity contribution in [1.82, 2.24) is 4.98 Å². The van der Waals surface area contributed by atoms with Gasteiger partial charge < -0.3 is 5.11 Å². The molecule has 4 heteroatoms. The predicted molar refractivity (Wildman–Crippen MR) is 183 cm³/mol. The minimum Gasteiger partial charge on any atom is -0.512 e. The maximum Gasteiger partial charge on any atom is 0.155 e. The van der Waals surface area contributed by atoms with E-state index >= 15 is 0 Å². The molecule has 44 heavy (non-hydrogen) atoms. The Morgan fingerprint density at radius 3 is 2.14 bits per heavy atom. The number of aliphatic hydroxyl groups excluding tert-OH is 1. The van der Waals surface area contributed by atoms with Crippen LogP contribution in [-0.2, 0) is 30.3 Å². The molecule has 1 aliphatic rings. The van der Waals surface area contributed by atoms with Crippen molar-refractivity contribution in [2.45, 2.75) is 107 Å². The van der Waals surface area contributed by atoms with Gasteiger partial charge >= 0.3 is 0 Å². The summed E-state index contributed by atoms with van der Waals surface area (Å²) in [6.45, 7) is 24.0. The van der Waals surface area contributed by atoms with Crippen LogP contribution in [0, 0.1) is 30.7 Å². The molecule has 3 aromatic carbocycles. The molecule has 1 radical (unpaired) electrons. The summed E-state index contributed by atoms with van der Waals surface area (Å²) in [4.78, 5) is 15.3. The molecule has 0 amide bonds. The van der Waals surface area contributed by atoms with E-state index in [1.54, 1.807) is 0 Å². The number of carbonyl (C=O) groups is 1. The number of fused-ring (bicyclic) bond motifs is 2. The summed E-state index contributed by atoms with van der Waals surface area (Å²) >= 11 is 0. The fraction of sp³-hybridized carbons (Fsp3) is 0.450. The third-order valence-electron chi connectivity index (χ3n) is 8.55. The number of aliphatic hydroxyl groups is 1. The van der Waals surface area contributed by atoms with Crippen LogP contribution in [-0.4, -0.2) is 15.9 Å². The number of benzene rings is 3. The average molecular weight is 769 g/mol. The minimum atomic E-state index is -0.125. The molecule has 0 saturated heterocycles. The molecule has 1 saturated carbocycles. The summed E-state index contributed by atoms with van der Waals surface area (Å²) < 4.78 is 0. The second-order valence-electron chi connectivity index (χ2n) is 15.5. The largest absolute Gasteiger partial charge is 0.512 e. The molecule has 0 spiro atoms. The van der Waals surface area contributed by atoms with Gasteiger partial charge in [0.25, 0.3) is 0 Å². The van der Waals surface area contributed by atoms with Crippen LogP contribution in [0.2, 0.25) is 0 Å². The molecule has 1 aromatic heterocycles. The van der Waals surface area contributed by atoms with E-state index in [2.05, 4.69) is 117 Å². The molecule has 1 aliphatic carbocycles. The van der Waals surface area contributed by atoms with Crippen LogP contribution < -0.4 is 0 Å². The van der Waals surface area contributed by atoms with Gasteiger partial charge in [-0.15, -0.1) is 29.1 Å². The van der Waals surface area contributed by atoms with E-state index in [0.29, 0.717) is 16.7 Å². The van der Waals surface area contributed by atoms with E-state index in [1.807, 2.05) is 0 Å². The van der Waals surface area contributed by atoms with E-state index in [9.17, 15) is 4.79 Å². The van der Waals surface area contributed by atoms with Crippen molar-refractivity contribution in [3.05, 3.63) is 88.7 Å². The summed E-state index contributed by atoms with van der Waals surface area (Å²) in [6.07, 6.45) is 4.88. The van der Waals surface area contributed by atoms with Gasteiger partial charge in [-0.05, 0) is 91.9 Å². The number of nitrogens with zero attached hydrogens (tertiary/aromatic N) is 1. The van der Waals surface area contributed by atoms with Crippen molar-refractivity contribution in [3.63, 3.8) is 0 Å². The summed E-state index contributed by atoms with van der Waals surface area (Å²) in [7, 11) is 0. The van der Waals surface area contributed by atoms with Gasteiger partial charge in [0.15, 0.2) is 5.78 Å². The van der Waals surface area contributed by atoms with Crippen molar-refractivity contribution in [2.75, 3.05) is 0 Å². The Bertz CT molecular complexity index is 1680. The number of aromatic nitrogens is 1. The maximum absolute atomic E-state index is 10.0. The van der Waals surface area contributed by atoms with E-state index < -0.39 is 0 Å². The van der Waals surface area contributed by atoms with Crippen LogP contribution in [0.25, 0.3) is 32.9 Å². The van der Waals surface area contributed by atoms with Gasteiger partial charge in [-0.2, -0.15) is 0 Å². The van der Waals surface area contributed by atoms with Gasteiger partial charge in [-0.25, -0.2) is 0 Å². The molecule has 237 valence electrons. The second-order valence-corrected chi connectivity index (χ2v) is 15.5. The summed E-state index contributed by atoms with van der Waals surface area (Å²) in [5.74, 6) is 0.462. The zero-order valence-corrected chi connectivity index (χ0v) is 30.9. The smallest absolute Gasteiger partial charge is 0.155 e. The van der Waals surface area contributed by atoms with Gasteiger partial charge in [0, 0.05) is 37.3 Å². The number of pyridine rings is 1. The minimum absolute atomic E-state index is 0. The fourth-order valence-electron chi connectivity index (χ4n) is 7.60. The van der Waals surface area contributed by atoms with E-state index in [-0.39, 0.29) is 37.1 Å². The van der Waals surface area contributed by atoms with Gasteiger partial charge in [-0.3, -0.25) is 9.78 Å². The molecule has 0 bridgehead atoms. The van der Waals surface area contributed by atoms with Crippen molar-refractivity contribution in [2.24, 2.45) is 10.8 Å². The van der Waals surface area contributed by atoms with E-state index in [0.717, 1.165) is 16.8 Å². The van der Waals surface area contributed by atoms with Crippen molar-refractivity contribution >= 4 is 27.5 Å². The van der Waals surface area contributed by atoms with Crippen LogP contribution in [0.4, 0.5) is 0 Å². The number of ketones is 1. The van der Waals surface area contributed by atoms with Crippen molar-refractivity contribution < 1.29 is 30.0 Å². The normalized spacial score (nSPS) is 16.7. The number of hydrogen-bond acceptors (Lipinski definition) is 3. The zero-order valence-electron chi connectivity index (χ0n) is 28.5. The monoisotopic (exact) mass is 769 g/mol. The number of rotatable bonds is 3. The number of carbonyl (C=O) groups excluding carboxylic acids is 1. The molecule has 3 nitrogen and oxygen atoms in total. The Kier molecular flexibility index (Phi) is 10.8. The molecule has 0 unspecified atom stereocenters. The average Bonchev–Trinajstić information content (AvgIpc) is 2.84. The molecular weight excluding hydrogens is 719 g/mol. The Morgan fingerprint density at radius 1 is 0.977 bits per heavy atom. The number of aryl methyl sites for hydroxylation is 2. The summed E-state index contributed by atoms with van der Waals surface area (Å²) in [6, 6.07) is 21.8. The standard InChI is InChI=1S/C35H42N.C5H8O2.Ir/c1-22-14-23(2)32-28(26-19-34(6,7)21-35(8,9)20-26)18-30(36-31(32)15-22)25-16-24-12-10-11-13-27(24)29(17-25)33(3,4)5;1-4(6)3-5(2)7;/h10-15,17-18,26H,19-21H2,1-9H3;3,6H,1-2H3;/q-1;;/b;4-3-;. The Morgan fingerprint density at radius 2 is 1.59 bits per heavy atom. The van der Waals surface area contributed by atoms with Gasteiger partial charge in [0.2, 0.25) is 0 Å². The topological polar surface area (TPSA) is 50.2 Å². The molecule has 1 heterocycles. The van der Waals surface area contributed by atoms with Gasteiger partial charge in [0.1, 0.15) is 0 Å². The Labute approximate surface area is 278 Å². The molecule has 1 N–H and O–H groups in total. The molecule has 4 aromatic rings. The molecule has 5 rings (SSSR count). The van der Waals surface area contributed by atoms with Crippen LogP contribution >= 0.6 is 0 Å². The quantitative estimate of drug-likeness (QED) is 0.128.